The first-order valence-corrected chi connectivity index (χ1v) is 6.46. The third-order valence-corrected chi connectivity index (χ3v) is 3.18. The molecule has 0 saturated heterocycles. The monoisotopic (exact) mass is 253 g/mol. The lowest BCUT2D eigenvalue weighted by Gasteiger charge is -2.11. The summed E-state index contributed by atoms with van der Waals surface area (Å²) in [6.07, 6.45) is 2.77. The van der Waals surface area contributed by atoms with Crippen LogP contribution in [0, 0.1) is 12.8 Å². The first-order valence-electron chi connectivity index (χ1n) is 6.09. The molecule has 0 radical (unpaired) electrons. The van der Waals surface area contributed by atoms with Crippen LogP contribution >= 0.6 is 11.6 Å². The number of halogens is 1. The average molecular weight is 254 g/mol. The third-order valence-electron chi connectivity index (χ3n) is 2.77. The zero-order valence-corrected chi connectivity index (χ0v) is 11.5. The molecule has 0 fully saturated rings. The molecule has 1 amide bonds. The molecular formula is C14H20ClNO. The number of hydrogen-bond acceptors (Lipinski definition) is 1. The Kier molecular flexibility index (Phi) is 5.49. The van der Waals surface area contributed by atoms with Crippen molar-refractivity contribution in [1.82, 2.24) is 0 Å². The van der Waals surface area contributed by atoms with Crippen LogP contribution in [0.2, 0.25) is 5.02 Å². The van der Waals surface area contributed by atoms with Gasteiger partial charge in [0.05, 0.1) is 0 Å². The Hall–Kier alpha value is -1.02. The van der Waals surface area contributed by atoms with Crippen molar-refractivity contribution >= 4 is 23.2 Å². The maximum Gasteiger partial charge on any atom is 0.224 e. The standard InChI is InChI=1S/C14H20ClNO/c1-4-5-10(2)8-14(17)16-12-7-6-11(3)13(15)9-12/h6-7,9-10H,4-5,8H2,1-3H3,(H,16,17). The fraction of sp³-hybridized carbons (Fsp3) is 0.500. The topological polar surface area (TPSA) is 29.1 Å². The minimum atomic E-state index is 0.0610. The highest BCUT2D eigenvalue weighted by Crippen LogP contribution is 2.20. The summed E-state index contributed by atoms with van der Waals surface area (Å²) < 4.78 is 0. The molecule has 1 unspecified atom stereocenters. The van der Waals surface area contributed by atoms with Gasteiger partial charge in [0.2, 0.25) is 5.91 Å². The molecule has 17 heavy (non-hydrogen) atoms. The lowest BCUT2D eigenvalue weighted by atomic mass is 10.0. The van der Waals surface area contributed by atoms with E-state index in [4.69, 9.17) is 11.6 Å². The molecule has 94 valence electrons. The fourth-order valence-electron chi connectivity index (χ4n) is 1.79. The number of carbonyl (C=O) groups is 1. The second kappa shape index (κ2) is 6.65. The van der Waals surface area contributed by atoms with Crippen molar-refractivity contribution in [3.8, 4) is 0 Å². The van der Waals surface area contributed by atoms with Crippen LogP contribution in [-0.2, 0) is 4.79 Å². The Bertz CT molecular complexity index is 390. The van der Waals surface area contributed by atoms with Crippen LogP contribution in [0.1, 0.15) is 38.7 Å². The van der Waals surface area contributed by atoms with E-state index in [0.29, 0.717) is 17.4 Å². The van der Waals surface area contributed by atoms with E-state index in [-0.39, 0.29) is 5.91 Å². The van der Waals surface area contributed by atoms with E-state index >= 15 is 0 Å². The highest BCUT2D eigenvalue weighted by molar-refractivity contribution is 6.31. The number of rotatable bonds is 5. The van der Waals surface area contributed by atoms with E-state index < -0.39 is 0 Å². The third kappa shape index (κ3) is 4.78. The lowest BCUT2D eigenvalue weighted by molar-refractivity contribution is -0.117. The number of hydrogen-bond donors (Lipinski definition) is 1. The van der Waals surface area contributed by atoms with E-state index in [0.717, 1.165) is 24.1 Å². The summed E-state index contributed by atoms with van der Waals surface area (Å²) in [5, 5.41) is 3.56. The van der Waals surface area contributed by atoms with E-state index in [1.165, 1.54) is 0 Å². The van der Waals surface area contributed by atoms with Gasteiger partial charge in [-0.05, 0) is 30.5 Å². The van der Waals surface area contributed by atoms with Crippen LogP contribution < -0.4 is 5.32 Å². The van der Waals surface area contributed by atoms with Crippen molar-refractivity contribution in [1.29, 1.82) is 0 Å². The fourth-order valence-corrected chi connectivity index (χ4v) is 1.97. The van der Waals surface area contributed by atoms with Gasteiger partial charge in [-0.2, -0.15) is 0 Å². The zero-order chi connectivity index (χ0) is 12.8. The van der Waals surface area contributed by atoms with Gasteiger partial charge in [0.15, 0.2) is 0 Å². The molecule has 0 aromatic heterocycles. The summed E-state index contributed by atoms with van der Waals surface area (Å²) in [7, 11) is 0. The summed E-state index contributed by atoms with van der Waals surface area (Å²) in [4.78, 5) is 11.7. The highest BCUT2D eigenvalue weighted by atomic mass is 35.5. The van der Waals surface area contributed by atoms with Gasteiger partial charge in [0, 0.05) is 17.1 Å². The molecule has 0 heterocycles. The van der Waals surface area contributed by atoms with Gasteiger partial charge in [-0.25, -0.2) is 0 Å². The van der Waals surface area contributed by atoms with Gasteiger partial charge in [-0.1, -0.05) is 44.4 Å². The summed E-state index contributed by atoms with van der Waals surface area (Å²) in [6.45, 7) is 6.18. The van der Waals surface area contributed by atoms with Gasteiger partial charge in [-0.3, -0.25) is 4.79 Å². The highest BCUT2D eigenvalue weighted by Gasteiger charge is 2.09. The van der Waals surface area contributed by atoms with Crippen molar-refractivity contribution in [2.75, 3.05) is 5.32 Å². The number of amides is 1. The Balaban J connectivity index is 2.53. The minimum Gasteiger partial charge on any atom is -0.326 e. The van der Waals surface area contributed by atoms with Crippen LogP contribution in [-0.4, -0.2) is 5.91 Å². The molecule has 0 aliphatic carbocycles. The van der Waals surface area contributed by atoms with Crippen LogP contribution in [0.5, 0.6) is 0 Å². The van der Waals surface area contributed by atoms with Crippen molar-refractivity contribution < 1.29 is 4.79 Å². The second-order valence-electron chi connectivity index (χ2n) is 4.61. The smallest absolute Gasteiger partial charge is 0.224 e. The molecule has 0 saturated carbocycles. The molecule has 0 spiro atoms. The van der Waals surface area contributed by atoms with E-state index in [1.54, 1.807) is 6.07 Å². The Labute approximate surface area is 108 Å². The van der Waals surface area contributed by atoms with Crippen LogP contribution in [0.25, 0.3) is 0 Å². The predicted octanol–water partition coefficient (Wildman–Crippen LogP) is 4.41. The molecule has 1 rings (SSSR count). The molecule has 1 aromatic carbocycles. The molecule has 0 bridgehead atoms. The van der Waals surface area contributed by atoms with E-state index in [1.807, 2.05) is 19.1 Å². The molecule has 1 aromatic rings. The van der Waals surface area contributed by atoms with E-state index in [9.17, 15) is 4.79 Å². The van der Waals surface area contributed by atoms with Crippen LogP contribution in [0.3, 0.4) is 0 Å². The zero-order valence-electron chi connectivity index (χ0n) is 10.7. The number of benzene rings is 1. The van der Waals surface area contributed by atoms with Gasteiger partial charge >= 0.3 is 0 Å². The number of anilines is 1. The summed E-state index contributed by atoms with van der Waals surface area (Å²) in [6, 6.07) is 5.58. The SMILES string of the molecule is CCCC(C)CC(=O)Nc1ccc(C)c(Cl)c1. The average Bonchev–Trinajstić information content (AvgIpc) is 2.23. The van der Waals surface area contributed by atoms with Gasteiger partial charge in [-0.15, -0.1) is 0 Å². The number of aryl methyl sites for hydroxylation is 1. The maximum atomic E-state index is 11.7. The largest absolute Gasteiger partial charge is 0.326 e. The quantitative estimate of drug-likeness (QED) is 0.827. The molecular weight excluding hydrogens is 234 g/mol. The molecule has 1 atom stereocenters. The Morgan fingerprint density at radius 1 is 1.47 bits per heavy atom. The molecule has 2 nitrogen and oxygen atoms in total. The van der Waals surface area contributed by atoms with Gasteiger partial charge in [0.1, 0.15) is 0 Å². The second-order valence-corrected chi connectivity index (χ2v) is 5.02. The summed E-state index contributed by atoms with van der Waals surface area (Å²) >= 11 is 6.00. The summed E-state index contributed by atoms with van der Waals surface area (Å²) in [5.74, 6) is 0.492. The van der Waals surface area contributed by atoms with Crippen molar-refractivity contribution in [2.24, 2.45) is 5.92 Å². The molecule has 1 N–H and O–H groups in total. The summed E-state index contributed by atoms with van der Waals surface area (Å²) in [5.41, 5.74) is 1.79. The minimum absolute atomic E-state index is 0.0610. The van der Waals surface area contributed by atoms with Gasteiger partial charge in [0.25, 0.3) is 0 Å². The molecule has 0 aliphatic rings. The van der Waals surface area contributed by atoms with Gasteiger partial charge < -0.3 is 5.32 Å². The Morgan fingerprint density at radius 3 is 2.76 bits per heavy atom. The normalized spacial score (nSPS) is 12.2. The first-order chi connectivity index (χ1) is 8.02. The van der Waals surface area contributed by atoms with Crippen LogP contribution in [0.15, 0.2) is 18.2 Å². The molecule has 3 heteroatoms. The van der Waals surface area contributed by atoms with E-state index in [2.05, 4.69) is 19.2 Å². The predicted molar refractivity (Wildman–Crippen MR) is 73.5 cm³/mol. The Morgan fingerprint density at radius 2 is 2.18 bits per heavy atom. The molecule has 0 aliphatic heterocycles. The number of nitrogens with one attached hydrogen (secondary N) is 1. The van der Waals surface area contributed by atoms with Crippen molar-refractivity contribution in [3.63, 3.8) is 0 Å². The maximum absolute atomic E-state index is 11.7. The van der Waals surface area contributed by atoms with Crippen LogP contribution in [0.4, 0.5) is 5.69 Å². The van der Waals surface area contributed by atoms with Crippen molar-refractivity contribution in [3.05, 3.63) is 28.8 Å². The first kappa shape index (κ1) is 14.0. The van der Waals surface area contributed by atoms with Crippen molar-refractivity contribution in [2.45, 2.75) is 40.0 Å². The lowest BCUT2D eigenvalue weighted by Crippen LogP contribution is -2.15. The number of carbonyl (C=O) groups excluding carboxylic acids is 1.